The molecule has 3 nitrogen and oxygen atoms in total. The third-order valence-electron chi connectivity index (χ3n) is 3.93. The van der Waals surface area contributed by atoms with Crippen LogP contribution in [0.5, 0.6) is 0 Å². The molecule has 1 atom stereocenters. The maximum Gasteiger partial charge on any atom is 0.0991 e. The summed E-state index contributed by atoms with van der Waals surface area (Å²) in [6.45, 7) is 8.20. The first-order valence-corrected chi connectivity index (χ1v) is 7.57. The quantitative estimate of drug-likeness (QED) is 0.797. The first kappa shape index (κ1) is 15.0. The zero-order valence-corrected chi connectivity index (χ0v) is 12.7. The molecule has 0 aliphatic carbocycles. The number of hydrogen-bond acceptors (Lipinski definition) is 3. The number of nitrogens with zero attached hydrogens (tertiary/aromatic N) is 3. The van der Waals surface area contributed by atoms with Crippen molar-refractivity contribution in [2.45, 2.75) is 26.3 Å². The van der Waals surface area contributed by atoms with Gasteiger partial charge in [-0.05, 0) is 56.6 Å². The van der Waals surface area contributed by atoms with Crippen LogP contribution in [0.1, 0.15) is 30.9 Å². The molecule has 0 aromatic heterocycles. The molecule has 1 aliphatic heterocycles. The summed E-state index contributed by atoms with van der Waals surface area (Å²) < 4.78 is 0. The van der Waals surface area contributed by atoms with Gasteiger partial charge in [-0.15, -0.1) is 0 Å². The van der Waals surface area contributed by atoms with Crippen molar-refractivity contribution < 1.29 is 0 Å². The molecule has 3 heteroatoms. The van der Waals surface area contributed by atoms with Crippen LogP contribution in [0, 0.1) is 17.2 Å². The van der Waals surface area contributed by atoms with E-state index in [0.717, 1.165) is 18.7 Å². The lowest BCUT2D eigenvalue weighted by Crippen LogP contribution is -2.32. The minimum absolute atomic E-state index is 0.705. The van der Waals surface area contributed by atoms with Crippen LogP contribution in [-0.2, 0) is 6.54 Å². The molecule has 108 valence electrons. The number of benzene rings is 1. The molecule has 1 saturated heterocycles. The van der Waals surface area contributed by atoms with Crippen LogP contribution in [0.25, 0.3) is 0 Å². The van der Waals surface area contributed by atoms with Gasteiger partial charge in [0.05, 0.1) is 11.6 Å². The molecule has 0 amide bonds. The van der Waals surface area contributed by atoms with E-state index in [1.807, 2.05) is 12.1 Å². The van der Waals surface area contributed by atoms with Gasteiger partial charge in [0.15, 0.2) is 0 Å². The Morgan fingerprint density at radius 3 is 2.50 bits per heavy atom. The fourth-order valence-electron chi connectivity index (χ4n) is 3.06. The van der Waals surface area contributed by atoms with Crippen molar-refractivity contribution in [2.75, 3.05) is 33.2 Å². The van der Waals surface area contributed by atoms with E-state index in [0.29, 0.717) is 5.92 Å². The average Bonchev–Trinajstić information content (AvgIpc) is 2.92. The molecule has 0 N–H and O–H groups in total. The van der Waals surface area contributed by atoms with Gasteiger partial charge in [-0.25, -0.2) is 0 Å². The molecule has 0 bridgehead atoms. The van der Waals surface area contributed by atoms with E-state index in [2.05, 4.69) is 42.0 Å². The molecule has 1 aliphatic rings. The van der Waals surface area contributed by atoms with Crippen molar-refractivity contribution in [1.82, 2.24) is 9.80 Å². The van der Waals surface area contributed by atoms with Crippen molar-refractivity contribution in [3.8, 4) is 6.07 Å². The molecule has 1 heterocycles. The fraction of sp³-hybridized carbons (Fsp3) is 0.588. The van der Waals surface area contributed by atoms with Gasteiger partial charge < -0.3 is 9.80 Å². The summed E-state index contributed by atoms with van der Waals surface area (Å²) in [5, 5.41) is 8.80. The average molecular weight is 271 g/mol. The minimum Gasteiger partial charge on any atom is -0.303 e. The highest BCUT2D eigenvalue weighted by atomic mass is 15.2. The van der Waals surface area contributed by atoms with Crippen LogP contribution < -0.4 is 0 Å². The number of hydrogen-bond donors (Lipinski definition) is 0. The molecule has 1 fully saturated rings. The SMILES string of the molecule is CC(CN(C)Cc1ccc(C#N)cc1)CN1CCCC1. The summed E-state index contributed by atoms with van der Waals surface area (Å²) in [6, 6.07) is 10.1. The first-order chi connectivity index (χ1) is 9.67. The van der Waals surface area contributed by atoms with Crippen molar-refractivity contribution in [1.29, 1.82) is 5.26 Å². The smallest absolute Gasteiger partial charge is 0.0991 e. The van der Waals surface area contributed by atoms with Crippen molar-refractivity contribution in [3.05, 3.63) is 35.4 Å². The topological polar surface area (TPSA) is 30.3 Å². The van der Waals surface area contributed by atoms with E-state index in [4.69, 9.17) is 5.26 Å². The van der Waals surface area contributed by atoms with Crippen LogP contribution in [0.3, 0.4) is 0 Å². The summed E-state index contributed by atoms with van der Waals surface area (Å²) >= 11 is 0. The summed E-state index contributed by atoms with van der Waals surface area (Å²) in [7, 11) is 2.18. The number of rotatable bonds is 6. The largest absolute Gasteiger partial charge is 0.303 e. The van der Waals surface area contributed by atoms with E-state index in [1.165, 1.54) is 38.0 Å². The molecule has 20 heavy (non-hydrogen) atoms. The third kappa shape index (κ3) is 4.63. The minimum atomic E-state index is 0.705. The lowest BCUT2D eigenvalue weighted by atomic mass is 10.1. The zero-order chi connectivity index (χ0) is 14.4. The zero-order valence-electron chi connectivity index (χ0n) is 12.7. The predicted molar refractivity (Wildman–Crippen MR) is 82.3 cm³/mol. The second-order valence-electron chi connectivity index (χ2n) is 6.12. The van der Waals surface area contributed by atoms with Gasteiger partial charge in [0.2, 0.25) is 0 Å². The standard InChI is InChI=1S/C17H25N3/c1-15(13-20-9-3-4-10-20)12-19(2)14-17-7-5-16(11-18)6-8-17/h5-8,15H,3-4,9-10,12-14H2,1-2H3. The van der Waals surface area contributed by atoms with Gasteiger partial charge in [0.25, 0.3) is 0 Å². The molecule has 0 spiro atoms. The Bertz CT molecular complexity index is 440. The molecular weight excluding hydrogens is 246 g/mol. The highest BCUT2D eigenvalue weighted by molar-refractivity contribution is 5.31. The number of likely N-dealkylation sites (tertiary alicyclic amines) is 1. The van der Waals surface area contributed by atoms with Crippen molar-refractivity contribution in [2.24, 2.45) is 5.92 Å². The van der Waals surface area contributed by atoms with Crippen LogP contribution in [-0.4, -0.2) is 43.0 Å². The van der Waals surface area contributed by atoms with Gasteiger partial charge >= 0.3 is 0 Å². The molecule has 1 aromatic carbocycles. The Hall–Kier alpha value is -1.37. The summed E-state index contributed by atoms with van der Waals surface area (Å²) in [6.07, 6.45) is 2.74. The van der Waals surface area contributed by atoms with Crippen molar-refractivity contribution >= 4 is 0 Å². The normalized spacial score (nSPS) is 17.3. The van der Waals surface area contributed by atoms with Crippen LogP contribution >= 0.6 is 0 Å². The van der Waals surface area contributed by atoms with E-state index in [-0.39, 0.29) is 0 Å². The second-order valence-corrected chi connectivity index (χ2v) is 6.12. The Morgan fingerprint density at radius 1 is 1.25 bits per heavy atom. The molecular formula is C17H25N3. The van der Waals surface area contributed by atoms with Crippen molar-refractivity contribution in [3.63, 3.8) is 0 Å². The van der Waals surface area contributed by atoms with Gasteiger partial charge in [0, 0.05) is 19.6 Å². The Morgan fingerprint density at radius 2 is 1.90 bits per heavy atom. The summed E-state index contributed by atoms with van der Waals surface area (Å²) in [5.74, 6) is 0.705. The van der Waals surface area contributed by atoms with Gasteiger partial charge in [-0.3, -0.25) is 0 Å². The molecule has 0 radical (unpaired) electrons. The third-order valence-corrected chi connectivity index (χ3v) is 3.93. The van der Waals surface area contributed by atoms with E-state index in [1.54, 1.807) is 0 Å². The molecule has 1 aromatic rings. The maximum atomic E-state index is 8.80. The van der Waals surface area contributed by atoms with E-state index >= 15 is 0 Å². The van der Waals surface area contributed by atoms with E-state index in [9.17, 15) is 0 Å². The second kappa shape index (κ2) is 7.42. The van der Waals surface area contributed by atoms with Gasteiger partial charge in [-0.2, -0.15) is 5.26 Å². The predicted octanol–water partition coefficient (Wildman–Crippen LogP) is 2.72. The molecule has 0 saturated carbocycles. The van der Waals surface area contributed by atoms with Gasteiger partial charge in [-0.1, -0.05) is 19.1 Å². The highest BCUT2D eigenvalue weighted by Gasteiger charge is 2.15. The summed E-state index contributed by atoms with van der Waals surface area (Å²) in [5.41, 5.74) is 2.01. The summed E-state index contributed by atoms with van der Waals surface area (Å²) in [4.78, 5) is 4.96. The Labute approximate surface area is 122 Å². The number of nitriles is 1. The maximum absolute atomic E-state index is 8.80. The monoisotopic (exact) mass is 271 g/mol. The lowest BCUT2D eigenvalue weighted by molar-refractivity contribution is 0.221. The first-order valence-electron chi connectivity index (χ1n) is 7.57. The van der Waals surface area contributed by atoms with E-state index < -0.39 is 0 Å². The molecule has 1 unspecified atom stereocenters. The Balaban J connectivity index is 1.75. The lowest BCUT2D eigenvalue weighted by Gasteiger charge is -2.25. The molecule has 2 rings (SSSR count). The van der Waals surface area contributed by atoms with Gasteiger partial charge in [0.1, 0.15) is 0 Å². The highest BCUT2D eigenvalue weighted by Crippen LogP contribution is 2.12. The van der Waals surface area contributed by atoms with Crippen LogP contribution in [0.4, 0.5) is 0 Å². The van der Waals surface area contributed by atoms with Crippen LogP contribution in [0.15, 0.2) is 24.3 Å². The fourth-order valence-corrected chi connectivity index (χ4v) is 3.06. The Kier molecular flexibility index (Phi) is 5.58. The van der Waals surface area contributed by atoms with Crippen LogP contribution in [0.2, 0.25) is 0 Å².